The fourth-order valence-corrected chi connectivity index (χ4v) is 3.98. The van der Waals surface area contributed by atoms with Crippen LogP contribution in [0.1, 0.15) is 37.8 Å². The molecule has 2 heterocycles. The number of nitrogens with one attached hydrogen (secondary N) is 2. The van der Waals surface area contributed by atoms with Crippen LogP contribution in [0.25, 0.3) is 10.6 Å². The lowest BCUT2D eigenvalue weighted by Gasteiger charge is -2.04. The minimum atomic E-state index is -0.119. The van der Waals surface area contributed by atoms with Crippen molar-refractivity contribution in [3.8, 4) is 10.6 Å². The van der Waals surface area contributed by atoms with E-state index in [0.717, 1.165) is 21.1 Å². The lowest BCUT2D eigenvalue weighted by molar-refractivity contribution is -0.114. The number of thiophene rings is 1. The van der Waals surface area contributed by atoms with E-state index in [1.807, 2.05) is 29.6 Å². The Morgan fingerprint density at radius 1 is 1.23 bits per heavy atom. The van der Waals surface area contributed by atoms with Gasteiger partial charge in [-0.2, -0.15) is 5.10 Å². The van der Waals surface area contributed by atoms with E-state index in [0.29, 0.717) is 11.0 Å². The molecule has 0 saturated heterocycles. The van der Waals surface area contributed by atoms with Crippen LogP contribution in [-0.2, 0) is 4.79 Å². The zero-order valence-electron chi connectivity index (χ0n) is 14.8. The second kappa shape index (κ2) is 8.25. The Morgan fingerprint density at radius 3 is 2.62 bits per heavy atom. The lowest BCUT2D eigenvalue weighted by atomic mass is 10.0. The van der Waals surface area contributed by atoms with E-state index in [1.165, 1.54) is 23.8 Å². The van der Waals surface area contributed by atoms with Gasteiger partial charge in [-0.1, -0.05) is 55.5 Å². The van der Waals surface area contributed by atoms with Crippen LogP contribution < -0.4 is 10.7 Å². The van der Waals surface area contributed by atoms with Crippen molar-refractivity contribution in [3.05, 3.63) is 52.9 Å². The van der Waals surface area contributed by atoms with Crippen LogP contribution in [0.2, 0.25) is 0 Å². The molecule has 0 aliphatic heterocycles. The molecule has 0 unspecified atom stereocenters. The SMILES string of the molecule is CC(=O)Nc1sc(N/N=C/c2ccc(C(C)C)cc2)nc1-c1cccs1. The number of anilines is 2. The Morgan fingerprint density at radius 2 is 2.00 bits per heavy atom. The monoisotopic (exact) mass is 384 g/mol. The quantitative estimate of drug-likeness (QED) is 0.442. The molecule has 0 atom stereocenters. The van der Waals surface area contributed by atoms with Gasteiger partial charge in [0, 0.05) is 6.92 Å². The Kier molecular flexibility index (Phi) is 5.80. The fourth-order valence-electron chi connectivity index (χ4n) is 2.32. The predicted molar refractivity (Wildman–Crippen MR) is 111 cm³/mol. The first-order chi connectivity index (χ1) is 12.5. The number of thiazole rings is 1. The van der Waals surface area contributed by atoms with Crippen LogP contribution in [0.15, 0.2) is 46.9 Å². The number of benzene rings is 1. The van der Waals surface area contributed by atoms with Gasteiger partial charge in [0.2, 0.25) is 11.0 Å². The molecule has 134 valence electrons. The molecule has 3 aromatic rings. The molecule has 0 fully saturated rings. The molecule has 0 radical (unpaired) electrons. The van der Waals surface area contributed by atoms with E-state index in [1.54, 1.807) is 17.6 Å². The summed E-state index contributed by atoms with van der Waals surface area (Å²) in [6, 6.07) is 12.3. The van der Waals surface area contributed by atoms with Crippen LogP contribution in [0, 0.1) is 0 Å². The zero-order valence-corrected chi connectivity index (χ0v) is 16.4. The summed E-state index contributed by atoms with van der Waals surface area (Å²) >= 11 is 2.95. The van der Waals surface area contributed by atoms with Crippen LogP contribution in [0.3, 0.4) is 0 Å². The summed E-state index contributed by atoms with van der Waals surface area (Å²) in [6.07, 6.45) is 1.76. The summed E-state index contributed by atoms with van der Waals surface area (Å²) in [6.45, 7) is 5.83. The Balaban J connectivity index is 1.74. The number of nitrogens with zero attached hydrogens (tertiary/aromatic N) is 2. The molecule has 26 heavy (non-hydrogen) atoms. The zero-order chi connectivity index (χ0) is 18.5. The van der Waals surface area contributed by atoms with Gasteiger partial charge >= 0.3 is 0 Å². The third-order valence-corrected chi connectivity index (χ3v) is 5.40. The van der Waals surface area contributed by atoms with Crippen molar-refractivity contribution in [2.75, 3.05) is 10.7 Å². The molecule has 0 aliphatic carbocycles. The molecule has 3 rings (SSSR count). The van der Waals surface area contributed by atoms with Gasteiger partial charge in [0.25, 0.3) is 0 Å². The Labute approximate surface area is 160 Å². The molecule has 0 aliphatic rings. The van der Waals surface area contributed by atoms with Gasteiger partial charge in [0.1, 0.15) is 10.7 Å². The highest BCUT2D eigenvalue weighted by Crippen LogP contribution is 2.37. The third-order valence-electron chi connectivity index (χ3n) is 3.65. The molecular formula is C19H20N4OS2. The molecule has 0 spiro atoms. The highest BCUT2D eigenvalue weighted by Gasteiger charge is 2.14. The summed E-state index contributed by atoms with van der Waals surface area (Å²) in [7, 11) is 0. The van der Waals surface area contributed by atoms with Gasteiger partial charge < -0.3 is 5.32 Å². The number of rotatable bonds is 6. The number of amides is 1. The van der Waals surface area contributed by atoms with Crippen molar-refractivity contribution in [2.24, 2.45) is 5.10 Å². The van der Waals surface area contributed by atoms with Gasteiger partial charge in [-0.15, -0.1) is 11.3 Å². The van der Waals surface area contributed by atoms with Crippen LogP contribution in [0.4, 0.5) is 10.1 Å². The summed E-state index contributed by atoms with van der Waals surface area (Å²) in [4.78, 5) is 17.0. The van der Waals surface area contributed by atoms with Crippen molar-refractivity contribution in [3.63, 3.8) is 0 Å². The summed E-state index contributed by atoms with van der Waals surface area (Å²) in [5, 5.41) is 10.4. The second-order valence-electron chi connectivity index (χ2n) is 6.05. The molecule has 5 nitrogen and oxygen atoms in total. The number of carbonyl (C=O) groups excluding carboxylic acids is 1. The largest absolute Gasteiger partial charge is 0.316 e. The van der Waals surface area contributed by atoms with E-state index in [2.05, 4.69) is 46.8 Å². The molecule has 1 aromatic carbocycles. The van der Waals surface area contributed by atoms with E-state index in [9.17, 15) is 4.79 Å². The number of carbonyl (C=O) groups is 1. The van der Waals surface area contributed by atoms with Crippen molar-refractivity contribution in [1.82, 2.24) is 4.98 Å². The standard InChI is InChI=1S/C19H20N4OS2/c1-12(2)15-8-6-14(7-9-15)11-20-23-19-22-17(16-5-4-10-25-16)18(26-19)21-13(3)24/h4-12H,1-3H3,(H,21,24)(H,22,23)/b20-11+. The van der Waals surface area contributed by atoms with Crippen LogP contribution in [-0.4, -0.2) is 17.1 Å². The van der Waals surface area contributed by atoms with Crippen molar-refractivity contribution >= 4 is 44.9 Å². The first-order valence-electron chi connectivity index (χ1n) is 8.24. The maximum Gasteiger partial charge on any atom is 0.221 e. The summed E-state index contributed by atoms with van der Waals surface area (Å²) in [5.41, 5.74) is 6.03. The average Bonchev–Trinajstić information content (AvgIpc) is 3.24. The molecule has 1 amide bonds. The maximum absolute atomic E-state index is 11.4. The van der Waals surface area contributed by atoms with Gasteiger partial charge in [0.15, 0.2) is 0 Å². The van der Waals surface area contributed by atoms with Gasteiger partial charge in [-0.25, -0.2) is 4.98 Å². The Bertz CT molecular complexity index is 896. The molecule has 7 heteroatoms. The number of hydrogen-bond donors (Lipinski definition) is 2. The molecule has 2 aromatic heterocycles. The first kappa shape index (κ1) is 18.3. The topological polar surface area (TPSA) is 66.4 Å². The van der Waals surface area contributed by atoms with Gasteiger partial charge in [-0.3, -0.25) is 10.2 Å². The summed E-state index contributed by atoms with van der Waals surface area (Å²) < 4.78 is 0. The Hall–Kier alpha value is -2.51. The van der Waals surface area contributed by atoms with E-state index >= 15 is 0 Å². The molecule has 0 bridgehead atoms. The molecular weight excluding hydrogens is 364 g/mol. The third kappa shape index (κ3) is 4.56. The molecule has 0 saturated carbocycles. The van der Waals surface area contributed by atoms with Crippen LogP contribution in [0.5, 0.6) is 0 Å². The minimum absolute atomic E-state index is 0.119. The van der Waals surface area contributed by atoms with E-state index in [4.69, 9.17) is 0 Å². The highest BCUT2D eigenvalue weighted by molar-refractivity contribution is 7.21. The van der Waals surface area contributed by atoms with Crippen molar-refractivity contribution < 1.29 is 4.79 Å². The minimum Gasteiger partial charge on any atom is -0.316 e. The van der Waals surface area contributed by atoms with Crippen LogP contribution >= 0.6 is 22.7 Å². The predicted octanol–water partition coefficient (Wildman–Crippen LogP) is 5.40. The smallest absolute Gasteiger partial charge is 0.221 e. The van der Waals surface area contributed by atoms with Crippen molar-refractivity contribution in [1.29, 1.82) is 0 Å². The van der Waals surface area contributed by atoms with Crippen molar-refractivity contribution in [2.45, 2.75) is 26.7 Å². The summed E-state index contributed by atoms with van der Waals surface area (Å²) in [5.74, 6) is 0.393. The molecule has 2 N–H and O–H groups in total. The normalized spacial score (nSPS) is 11.2. The number of hydrazone groups is 1. The van der Waals surface area contributed by atoms with E-state index in [-0.39, 0.29) is 5.91 Å². The van der Waals surface area contributed by atoms with Gasteiger partial charge in [-0.05, 0) is 28.5 Å². The maximum atomic E-state index is 11.4. The highest BCUT2D eigenvalue weighted by atomic mass is 32.1. The number of hydrogen-bond acceptors (Lipinski definition) is 6. The second-order valence-corrected chi connectivity index (χ2v) is 7.99. The lowest BCUT2D eigenvalue weighted by Crippen LogP contribution is -2.04. The van der Waals surface area contributed by atoms with E-state index < -0.39 is 0 Å². The van der Waals surface area contributed by atoms with Gasteiger partial charge in [0.05, 0.1) is 11.1 Å². The number of aromatic nitrogens is 1. The first-order valence-corrected chi connectivity index (χ1v) is 9.94. The fraction of sp³-hybridized carbons (Fsp3) is 0.211. The average molecular weight is 385 g/mol.